The molecule has 0 aliphatic rings. The number of hydrogen-bond acceptors (Lipinski definition) is 1. The minimum atomic E-state index is 0.0917. The van der Waals surface area contributed by atoms with Crippen LogP contribution in [0.25, 0.3) is 0 Å². The van der Waals surface area contributed by atoms with Crippen LogP contribution in [0.2, 0.25) is 10.0 Å². The zero-order valence-corrected chi connectivity index (χ0v) is 21.5. The van der Waals surface area contributed by atoms with E-state index in [1.165, 1.54) is 11.1 Å². The van der Waals surface area contributed by atoms with Crippen LogP contribution in [0.5, 0.6) is 0 Å². The lowest BCUT2D eigenvalue weighted by atomic mass is 9.86. The number of halogens is 3. The molecule has 3 aromatic rings. The molecular formula is C26H28BrCl2N. The summed E-state index contributed by atoms with van der Waals surface area (Å²) in [6.45, 7) is 13.3. The lowest BCUT2D eigenvalue weighted by molar-refractivity contribution is 0.590. The van der Waals surface area contributed by atoms with Crippen LogP contribution in [0.3, 0.4) is 0 Å². The third-order valence-corrected chi connectivity index (χ3v) is 6.67. The Balaban J connectivity index is 2.17. The van der Waals surface area contributed by atoms with Crippen molar-refractivity contribution >= 4 is 56.2 Å². The van der Waals surface area contributed by atoms with E-state index in [0.717, 1.165) is 21.5 Å². The molecule has 0 radical (unpaired) electrons. The molecule has 0 bridgehead atoms. The van der Waals surface area contributed by atoms with Gasteiger partial charge in [0.2, 0.25) is 0 Å². The maximum absolute atomic E-state index is 6.72. The van der Waals surface area contributed by atoms with Crippen molar-refractivity contribution in [3.05, 3.63) is 86.3 Å². The highest BCUT2D eigenvalue weighted by Crippen LogP contribution is 2.44. The molecule has 3 aromatic carbocycles. The highest BCUT2D eigenvalue weighted by Gasteiger charge is 2.21. The Labute approximate surface area is 199 Å². The van der Waals surface area contributed by atoms with Crippen LogP contribution in [0.4, 0.5) is 17.1 Å². The van der Waals surface area contributed by atoms with Crippen LogP contribution in [0, 0.1) is 0 Å². The van der Waals surface area contributed by atoms with E-state index in [2.05, 4.69) is 111 Å². The summed E-state index contributed by atoms with van der Waals surface area (Å²) in [4.78, 5) is 2.15. The summed E-state index contributed by atoms with van der Waals surface area (Å²) in [6.07, 6.45) is 0. The normalized spacial score (nSPS) is 12.2. The van der Waals surface area contributed by atoms with Gasteiger partial charge in [0.05, 0.1) is 10.7 Å². The topological polar surface area (TPSA) is 3.24 Å². The lowest BCUT2D eigenvalue weighted by Crippen LogP contribution is -2.14. The molecule has 158 valence electrons. The van der Waals surface area contributed by atoms with Crippen molar-refractivity contribution in [2.45, 2.75) is 52.4 Å². The number of nitrogens with zero attached hydrogens (tertiary/aromatic N) is 1. The zero-order chi connectivity index (χ0) is 22.3. The predicted octanol–water partition coefficient (Wildman–Crippen LogP) is 9.82. The molecule has 0 aliphatic heterocycles. The van der Waals surface area contributed by atoms with E-state index in [0.29, 0.717) is 10.0 Å². The lowest BCUT2D eigenvalue weighted by Gasteiger charge is -2.29. The quantitative estimate of drug-likeness (QED) is 0.320. The Morgan fingerprint density at radius 3 is 1.43 bits per heavy atom. The average Bonchev–Trinajstić information content (AvgIpc) is 2.65. The molecule has 3 rings (SSSR count). The first-order chi connectivity index (χ1) is 13.9. The molecule has 0 saturated carbocycles. The fraction of sp³-hybridized carbons (Fsp3) is 0.308. The summed E-state index contributed by atoms with van der Waals surface area (Å²) in [7, 11) is 0. The molecule has 0 saturated heterocycles. The van der Waals surface area contributed by atoms with Gasteiger partial charge >= 0.3 is 0 Å². The second-order valence-electron chi connectivity index (χ2n) is 9.65. The maximum Gasteiger partial charge on any atom is 0.0789 e. The second kappa shape index (κ2) is 8.57. The van der Waals surface area contributed by atoms with Crippen LogP contribution in [-0.4, -0.2) is 0 Å². The maximum atomic E-state index is 6.72. The van der Waals surface area contributed by atoms with Gasteiger partial charge in [0.25, 0.3) is 0 Å². The Kier molecular flexibility index (Phi) is 6.63. The van der Waals surface area contributed by atoms with Gasteiger partial charge in [-0.1, -0.05) is 89.0 Å². The minimum absolute atomic E-state index is 0.0917. The standard InChI is InChI=1S/C26H28BrCl2N/c1-25(2,3)17-7-11-20(12-8-17)30(23-16-19(28)15-22(27)24(23)29)21-13-9-18(10-14-21)26(4,5)6/h7-16H,1-6H3. The van der Waals surface area contributed by atoms with E-state index in [4.69, 9.17) is 23.2 Å². The molecule has 0 N–H and O–H groups in total. The first-order valence-electron chi connectivity index (χ1n) is 10.0. The Morgan fingerprint density at radius 2 is 1.07 bits per heavy atom. The van der Waals surface area contributed by atoms with Crippen LogP contribution in [0.15, 0.2) is 65.1 Å². The van der Waals surface area contributed by atoms with Gasteiger partial charge in [0.15, 0.2) is 0 Å². The van der Waals surface area contributed by atoms with E-state index >= 15 is 0 Å². The van der Waals surface area contributed by atoms with Gasteiger partial charge in [-0.25, -0.2) is 0 Å². The third kappa shape index (κ3) is 5.04. The molecule has 0 aromatic heterocycles. The number of anilines is 3. The molecule has 0 unspecified atom stereocenters. The van der Waals surface area contributed by atoms with Gasteiger partial charge in [-0.15, -0.1) is 0 Å². The Hall–Kier alpha value is -1.48. The monoisotopic (exact) mass is 503 g/mol. The van der Waals surface area contributed by atoms with E-state index in [1.807, 2.05) is 12.1 Å². The largest absolute Gasteiger partial charge is 0.309 e. The smallest absolute Gasteiger partial charge is 0.0789 e. The van der Waals surface area contributed by atoms with Gasteiger partial charge in [-0.05, 0) is 74.3 Å². The Bertz CT molecular complexity index is 969. The molecule has 4 heteroatoms. The highest BCUT2D eigenvalue weighted by atomic mass is 79.9. The predicted molar refractivity (Wildman–Crippen MR) is 136 cm³/mol. The first kappa shape index (κ1) is 23.2. The molecule has 0 atom stereocenters. The van der Waals surface area contributed by atoms with E-state index in [1.54, 1.807) is 0 Å². The summed E-state index contributed by atoms with van der Waals surface area (Å²) < 4.78 is 0.772. The first-order valence-corrected chi connectivity index (χ1v) is 11.6. The average molecular weight is 505 g/mol. The summed E-state index contributed by atoms with van der Waals surface area (Å²) >= 11 is 16.7. The van der Waals surface area contributed by atoms with Gasteiger partial charge in [0, 0.05) is 20.9 Å². The van der Waals surface area contributed by atoms with Crippen LogP contribution in [-0.2, 0) is 10.8 Å². The fourth-order valence-electron chi connectivity index (χ4n) is 3.35. The fourth-order valence-corrected chi connectivity index (χ4v) is 4.34. The van der Waals surface area contributed by atoms with E-state index in [9.17, 15) is 0 Å². The van der Waals surface area contributed by atoms with Crippen molar-refractivity contribution in [2.24, 2.45) is 0 Å². The van der Waals surface area contributed by atoms with Gasteiger partial charge in [0.1, 0.15) is 0 Å². The minimum Gasteiger partial charge on any atom is -0.309 e. The summed E-state index contributed by atoms with van der Waals surface area (Å²) in [5.41, 5.74) is 5.65. The van der Waals surface area contributed by atoms with Crippen molar-refractivity contribution in [1.29, 1.82) is 0 Å². The molecular weight excluding hydrogens is 477 g/mol. The van der Waals surface area contributed by atoms with Gasteiger partial charge in [-0.2, -0.15) is 0 Å². The molecule has 30 heavy (non-hydrogen) atoms. The summed E-state index contributed by atoms with van der Waals surface area (Å²) in [5, 5.41) is 1.25. The Morgan fingerprint density at radius 1 is 0.667 bits per heavy atom. The molecule has 0 amide bonds. The number of benzene rings is 3. The molecule has 0 fully saturated rings. The van der Waals surface area contributed by atoms with Crippen LogP contribution >= 0.6 is 39.1 Å². The van der Waals surface area contributed by atoms with Crippen LogP contribution < -0.4 is 4.90 Å². The van der Waals surface area contributed by atoms with E-state index < -0.39 is 0 Å². The van der Waals surface area contributed by atoms with Crippen molar-refractivity contribution in [3.63, 3.8) is 0 Å². The van der Waals surface area contributed by atoms with Crippen molar-refractivity contribution in [2.75, 3.05) is 4.90 Å². The zero-order valence-electron chi connectivity index (χ0n) is 18.4. The molecule has 0 aliphatic carbocycles. The van der Waals surface area contributed by atoms with Gasteiger partial charge in [-0.3, -0.25) is 0 Å². The summed E-state index contributed by atoms with van der Waals surface area (Å²) in [5.74, 6) is 0. The molecule has 0 heterocycles. The van der Waals surface area contributed by atoms with Crippen LogP contribution in [0.1, 0.15) is 52.7 Å². The number of rotatable bonds is 3. The van der Waals surface area contributed by atoms with E-state index in [-0.39, 0.29) is 10.8 Å². The highest BCUT2D eigenvalue weighted by molar-refractivity contribution is 9.10. The second-order valence-corrected chi connectivity index (χ2v) is 11.3. The molecule has 1 nitrogen and oxygen atoms in total. The van der Waals surface area contributed by atoms with Crippen molar-refractivity contribution in [3.8, 4) is 0 Å². The molecule has 0 spiro atoms. The summed E-state index contributed by atoms with van der Waals surface area (Å²) in [6, 6.07) is 21.0. The third-order valence-electron chi connectivity index (χ3n) is 5.20. The SMILES string of the molecule is CC(C)(C)c1ccc(N(c2ccc(C(C)(C)C)cc2)c2cc(Cl)cc(Br)c2Cl)cc1. The number of hydrogen-bond donors (Lipinski definition) is 0. The van der Waals surface area contributed by atoms with Gasteiger partial charge < -0.3 is 4.90 Å². The van der Waals surface area contributed by atoms with Crippen molar-refractivity contribution in [1.82, 2.24) is 0 Å². The van der Waals surface area contributed by atoms with Crippen molar-refractivity contribution < 1.29 is 0 Å².